The summed E-state index contributed by atoms with van der Waals surface area (Å²) in [4.78, 5) is 12.3. The van der Waals surface area contributed by atoms with Gasteiger partial charge in [-0.15, -0.1) is 5.10 Å². The zero-order chi connectivity index (χ0) is 17.3. The van der Waals surface area contributed by atoms with Crippen LogP contribution in [0.25, 0.3) is 11.5 Å². The molecule has 0 spiro atoms. The van der Waals surface area contributed by atoms with Crippen molar-refractivity contribution in [2.45, 2.75) is 25.8 Å². The molecule has 0 unspecified atom stereocenters. The molecule has 1 aromatic heterocycles. The van der Waals surface area contributed by atoms with Gasteiger partial charge in [-0.3, -0.25) is 10.1 Å². The first kappa shape index (κ1) is 16.6. The second kappa shape index (κ2) is 6.33. The number of nitrogens with zero attached hydrogens (tertiary/aromatic N) is 3. The zero-order valence-corrected chi connectivity index (χ0v) is 14.2. The molecule has 1 saturated heterocycles. The molecule has 1 atom stereocenters. The van der Waals surface area contributed by atoms with E-state index < -0.39 is 22.0 Å². The fourth-order valence-electron chi connectivity index (χ4n) is 2.76. The molecule has 0 bridgehead atoms. The van der Waals surface area contributed by atoms with Crippen molar-refractivity contribution in [3.63, 3.8) is 0 Å². The number of carbonyl (C=O) groups is 1. The Hall–Kier alpha value is -2.26. The average molecular weight is 350 g/mol. The highest BCUT2D eigenvalue weighted by Crippen LogP contribution is 2.23. The van der Waals surface area contributed by atoms with Gasteiger partial charge in [-0.1, -0.05) is 22.8 Å². The van der Waals surface area contributed by atoms with Crippen LogP contribution in [0.2, 0.25) is 0 Å². The quantitative estimate of drug-likeness (QED) is 0.894. The fraction of sp³-hybridized carbons (Fsp3) is 0.400. The normalized spacial score (nSPS) is 18.7. The van der Waals surface area contributed by atoms with E-state index >= 15 is 0 Å². The monoisotopic (exact) mass is 350 g/mol. The third-order valence-electron chi connectivity index (χ3n) is 3.85. The zero-order valence-electron chi connectivity index (χ0n) is 13.4. The van der Waals surface area contributed by atoms with Crippen LogP contribution in [0.15, 0.2) is 28.7 Å². The second-order valence-electron chi connectivity index (χ2n) is 5.80. The van der Waals surface area contributed by atoms with Gasteiger partial charge in [-0.2, -0.15) is 4.31 Å². The van der Waals surface area contributed by atoms with E-state index in [1.807, 2.05) is 31.2 Å². The minimum absolute atomic E-state index is 0.0446. The largest absolute Gasteiger partial charge is 0.403 e. The first-order chi connectivity index (χ1) is 11.3. The predicted octanol–water partition coefficient (Wildman–Crippen LogP) is 1.41. The van der Waals surface area contributed by atoms with Gasteiger partial charge in [0, 0.05) is 12.1 Å². The molecule has 128 valence electrons. The van der Waals surface area contributed by atoms with Crippen molar-refractivity contribution < 1.29 is 17.6 Å². The molecule has 8 nitrogen and oxygen atoms in total. The lowest BCUT2D eigenvalue weighted by atomic mass is 10.1. The van der Waals surface area contributed by atoms with Crippen LogP contribution < -0.4 is 5.32 Å². The smallest absolute Gasteiger partial charge is 0.322 e. The molecule has 2 aromatic rings. The van der Waals surface area contributed by atoms with Gasteiger partial charge in [0.1, 0.15) is 6.04 Å². The molecular formula is C15H18N4O4S. The van der Waals surface area contributed by atoms with Gasteiger partial charge >= 0.3 is 6.01 Å². The van der Waals surface area contributed by atoms with Gasteiger partial charge in [-0.05, 0) is 31.9 Å². The third kappa shape index (κ3) is 3.46. The molecular weight excluding hydrogens is 332 g/mol. The average Bonchev–Trinajstić information content (AvgIpc) is 3.15. The molecule has 2 heterocycles. The van der Waals surface area contributed by atoms with E-state index in [2.05, 4.69) is 15.5 Å². The van der Waals surface area contributed by atoms with Crippen LogP contribution in [0.4, 0.5) is 6.01 Å². The highest BCUT2D eigenvalue weighted by molar-refractivity contribution is 7.88. The Morgan fingerprint density at radius 3 is 2.88 bits per heavy atom. The van der Waals surface area contributed by atoms with Crippen molar-refractivity contribution in [3.8, 4) is 11.5 Å². The summed E-state index contributed by atoms with van der Waals surface area (Å²) >= 11 is 0. The molecule has 1 N–H and O–H groups in total. The van der Waals surface area contributed by atoms with Crippen molar-refractivity contribution in [1.82, 2.24) is 14.5 Å². The van der Waals surface area contributed by atoms with E-state index in [1.54, 1.807) is 0 Å². The van der Waals surface area contributed by atoms with Crippen molar-refractivity contribution in [3.05, 3.63) is 29.8 Å². The topological polar surface area (TPSA) is 105 Å². The van der Waals surface area contributed by atoms with E-state index in [0.29, 0.717) is 25.3 Å². The van der Waals surface area contributed by atoms with E-state index in [4.69, 9.17) is 4.42 Å². The minimum atomic E-state index is -3.43. The summed E-state index contributed by atoms with van der Waals surface area (Å²) < 4.78 is 30.1. The summed E-state index contributed by atoms with van der Waals surface area (Å²) in [6.07, 6.45) is 2.21. The van der Waals surface area contributed by atoms with E-state index in [-0.39, 0.29) is 6.01 Å². The summed E-state index contributed by atoms with van der Waals surface area (Å²) in [6, 6.07) is 6.75. The minimum Gasteiger partial charge on any atom is -0.403 e. The molecule has 1 amide bonds. The molecule has 24 heavy (non-hydrogen) atoms. The number of carbonyl (C=O) groups excluding carboxylic acids is 1. The maximum atomic E-state index is 12.3. The fourth-order valence-corrected chi connectivity index (χ4v) is 3.88. The molecule has 1 aromatic carbocycles. The summed E-state index contributed by atoms with van der Waals surface area (Å²) in [5, 5.41) is 10.2. The van der Waals surface area contributed by atoms with Crippen LogP contribution in [0.5, 0.6) is 0 Å². The standard InChI is InChI=1S/C15H18N4O4S/c1-10-5-3-6-11(9-10)14-17-18-15(23-14)16-13(20)12-7-4-8-19(12)24(2,21)22/h3,5-6,9,12H,4,7-8H2,1-2H3,(H,16,18,20)/t12-/m1/s1. The Labute approximate surface area is 139 Å². The van der Waals surface area contributed by atoms with Crippen LogP contribution in [-0.4, -0.2) is 47.7 Å². The van der Waals surface area contributed by atoms with Gasteiger partial charge < -0.3 is 4.42 Å². The van der Waals surface area contributed by atoms with Crippen LogP contribution in [0.1, 0.15) is 18.4 Å². The number of aromatic nitrogens is 2. The van der Waals surface area contributed by atoms with Crippen molar-refractivity contribution in [2.75, 3.05) is 18.1 Å². The lowest BCUT2D eigenvalue weighted by Crippen LogP contribution is -2.42. The van der Waals surface area contributed by atoms with Crippen LogP contribution >= 0.6 is 0 Å². The number of rotatable bonds is 4. The van der Waals surface area contributed by atoms with Crippen molar-refractivity contribution >= 4 is 21.9 Å². The number of hydrogen-bond donors (Lipinski definition) is 1. The maximum Gasteiger partial charge on any atom is 0.322 e. The molecule has 9 heteroatoms. The number of aryl methyl sites for hydroxylation is 1. The Morgan fingerprint density at radius 1 is 1.38 bits per heavy atom. The highest BCUT2D eigenvalue weighted by atomic mass is 32.2. The molecule has 1 aliphatic heterocycles. The summed E-state index contributed by atoms with van der Waals surface area (Å²) in [5.41, 5.74) is 1.80. The predicted molar refractivity (Wildman–Crippen MR) is 87.7 cm³/mol. The highest BCUT2D eigenvalue weighted by Gasteiger charge is 2.36. The number of sulfonamides is 1. The van der Waals surface area contributed by atoms with Crippen LogP contribution in [0, 0.1) is 6.92 Å². The Kier molecular flexibility index (Phi) is 4.37. The molecule has 0 aliphatic carbocycles. The number of benzene rings is 1. The van der Waals surface area contributed by atoms with Gasteiger partial charge in [0.15, 0.2) is 0 Å². The Morgan fingerprint density at radius 2 is 2.17 bits per heavy atom. The summed E-state index contributed by atoms with van der Waals surface area (Å²) in [6.45, 7) is 2.29. The van der Waals surface area contributed by atoms with E-state index in [0.717, 1.165) is 17.4 Å². The summed E-state index contributed by atoms with van der Waals surface area (Å²) in [7, 11) is -3.43. The van der Waals surface area contributed by atoms with E-state index in [9.17, 15) is 13.2 Å². The van der Waals surface area contributed by atoms with Gasteiger partial charge in [0.05, 0.1) is 6.26 Å². The molecule has 1 aliphatic rings. The first-order valence-corrected chi connectivity index (χ1v) is 9.37. The molecule has 1 fully saturated rings. The number of hydrogen-bond acceptors (Lipinski definition) is 6. The molecule has 0 radical (unpaired) electrons. The van der Waals surface area contributed by atoms with Gasteiger partial charge in [0.25, 0.3) is 0 Å². The van der Waals surface area contributed by atoms with Gasteiger partial charge in [-0.25, -0.2) is 8.42 Å². The third-order valence-corrected chi connectivity index (χ3v) is 5.14. The maximum absolute atomic E-state index is 12.3. The Bertz CT molecular complexity index is 862. The van der Waals surface area contributed by atoms with Crippen LogP contribution in [0.3, 0.4) is 0 Å². The SMILES string of the molecule is Cc1cccc(-c2nnc(NC(=O)[C@H]3CCCN3S(C)(=O)=O)o2)c1. The van der Waals surface area contributed by atoms with Crippen LogP contribution in [-0.2, 0) is 14.8 Å². The first-order valence-electron chi connectivity index (χ1n) is 7.53. The number of anilines is 1. The van der Waals surface area contributed by atoms with Gasteiger partial charge in [0.2, 0.25) is 21.8 Å². The molecule has 3 rings (SSSR count). The van der Waals surface area contributed by atoms with E-state index in [1.165, 1.54) is 4.31 Å². The van der Waals surface area contributed by atoms with Crippen molar-refractivity contribution in [1.29, 1.82) is 0 Å². The summed E-state index contributed by atoms with van der Waals surface area (Å²) in [5.74, 6) is -0.169. The lowest BCUT2D eigenvalue weighted by Gasteiger charge is -2.20. The number of amides is 1. The second-order valence-corrected chi connectivity index (χ2v) is 7.74. The Balaban J connectivity index is 1.74. The van der Waals surface area contributed by atoms with Crippen molar-refractivity contribution in [2.24, 2.45) is 0 Å². The number of nitrogens with one attached hydrogen (secondary N) is 1. The molecule has 0 saturated carbocycles. The lowest BCUT2D eigenvalue weighted by molar-refractivity contribution is -0.119.